The fourth-order valence-corrected chi connectivity index (χ4v) is 10.1. The first-order valence-corrected chi connectivity index (χ1v) is 19.6. The van der Waals surface area contributed by atoms with Gasteiger partial charge >= 0.3 is 0 Å². The fourth-order valence-electron chi connectivity index (χ4n) is 9.93. The number of rotatable bonds is 6. The number of hydrogen-bond donors (Lipinski definition) is 1. The van der Waals surface area contributed by atoms with Gasteiger partial charge in [0.05, 0.1) is 45.2 Å². The van der Waals surface area contributed by atoms with Crippen LogP contribution in [-0.2, 0) is 16.1 Å². The second-order valence-corrected chi connectivity index (χ2v) is 17.3. The highest BCUT2D eigenvalue weighted by Gasteiger charge is 2.67. The van der Waals surface area contributed by atoms with Crippen molar-refractivity contribution in [3.8, 4) is 23.7 Å². The summed E-state index contributed by atoms with van der Waals surface area (Å²) in [6.07, 6.45) is 3.26. The molecular formula is C44H37ClFN7O6. The predicted molar refractivity (Wildman–Crippen MR) is 211 cm³/mol. The molecule has 298 valence electrons. The molecule has 9 rings (SSSR count). The molecule has 59 heavy (non-hydrogen) atoms. The quantitative estimate of drug-likeness (QED) is 0.203. The molecule has 13 nitrogen and oxygen atoms in total. The van der Waals surface area contributed by atoms with Crippen LogP contribution in [0.4, 0.5) is 10.1 Å². The molecule has 1 unspecified atom stereocenters. The molecule has 15 heteroatoms. The summed E-state index contributed by atoms with van der Waals surface area (Å²) in [5, 5.41) is 16.2. The van der Waals surface area contributed by atoms with Gasteiger partial charge in [-0.1, -0.05) is 51.1 Å². The number of carbonyl (C=O) groups is 5. The number of nitrogens with one attached hydrogen (secondary N) is 1. The predicted octanol–water partition coefficient (Wildman–Crippen LogP) is 5.25. The lowest BCUT2D eigenvalue weighted by atomic mass is 9.49. The largest absolute Gasteiger partial charge is 0.489 e. The zero-order valence-corrected chi connectivity index (χ0v) is 33.3. The Labute approximate surface area is 343 Å². The molecule has 5 amide bonds. The maximum absolute atomic E-state index is 15.4. The number of aromatic nitrogens is 2. The van der Waals surface area contributed by atoms with E-state index in [-0.39, 0.29) is 53.8 Å². The molecule has 1 aliphatic carbocycles. The van der Waals surface area contributed by atoms with Gasteiger partial charge < -0.3 is 14.5 Å². The van der Waals surface area contributed by atoms with Crippen LogP contribution in [-0.4, -0.2) is 80.4 Å². The summed E-state index contributed by atoms with van der Waals surface area (Å²) in [5.74, 6) is 3.59. The van der Waals surface area contributed by atoms with Gasteiger partial charge in [0.1, 0.15) is 29.8 Å². The van der Waals surface area contributed by atoms with Gasteiger partial charge in [-0.05, 0) is 54.4 Å². The van der Waals surface area contributed by atoms with Gasteiger partial charge in [-0.2, -0.15) is 10.4 Å². The number of halogens is 2. The number of benzene rings is 3. The molecule has 2 saturated heterocycles. The smallest absolute Gasteiger partial charge is 0.262 e. The second kappa shape index (κ2) is 13.5. The average Bonchev–Trinajstić information content (AvgIpc) is 3.83. The molecule has 0 bridgehead atoms. The van der Waals surface area contributed by atoms with Gasteiger partial charge in [-0.25, -0.2) is 4.39 Å². The number of nitriles is 1. The van der Waals surface area contributed by atoms with Crippen molar-refractivity contribution in [3.63, 3.8) is 0 Å². The number of carbonyl (C=O) groups excluding carboxylic acids is 5. The molecule has 5 aliphatic rings. The molecule has 3 fully saturated rings. The van der Waals surface area contributed by atoms with Gasteiger partial charge in [-0.3, -0.25) is 38.9 Å². The van der Waals surface area contributed by atoms with Gasteiger partial charge in [0.2, 0.25) is 11.8 Å². The maximum atomic E-state index is 15.4. The fraction of sp³-hybridized carbons (Fsp3) is 0.341. The topological polar surface area (TPSA) is 158 Å². The summed E-state index contributed by atoms with van der Waals surface area (Å²) in [6.45, 7) is 9.64. The SMILES string of the molecule is CC1(C)C(Oc2ccc(C#N)c(Cl)c2)C(C)(C)C1N1Cc2cc(C#Cc3cnn(C4CN(c5cc6c(cc5F)C(=O)N(C5CCC(=O)NC5=O)C6=O)C4)c3)ccc2C1=O. The number of ether oxygens (including phenoxy) is 1. The van der Waals surface area contributed by atoms with Crippen LogP contribution in [0, 0.1) is 39.8 Å². The Morgan fingerprint density at radius 3 is 2.31 bits per heavy atom. The number of imide groups is 2. The molecule has 3 aromatic carbocycles. The maximum Gasteiger partial charge on any atom is 0.262 e. The van der Waals surface area contributed by atoms with Gasteiger partial charge in [0, 0.05) is 66.3 Å². The summed E-state index contributed by atoms with van der Waals surface area (Å²) < 4.78 is 23.6. The van der Waals surface area contributed by atoms with E-state index in [2.05, 4.69) is 56.0 Å². The minimum atomic E-state index is -1.13. The molecule has 5 heterocycles. The number of piperidine rings is 1. The van der Waals surface area contributed by atoms with E-state index < -0.39 is 46.3 Å². The van der Waals surface area contributed by atoms with Crippen LogP contribution in [0.25, 0.3) is 0 Å². The standard InChI is InChI=1S/C44H37ClFN7O6/c1-43(2)41(44(3,4)42(43)59-28-9-8-25(17-47)32(45)14-28)51-20-26-13-23(7-10-29(26)38(51)56)5-6-24-18-48-52(19-24)27-21-50(22-27)35-16-31-30(15-33(35)46)39(57)53(40(31)58)34-11-12-36(54)49-37(34)55/h7-10,13-16,18-19,27,34,41-42H,11-12,20-22H2,1-4H3,(H,49,54,55). The van der Waals surface area contributed by atoms with Gasteiger partial charge in [0.15, 0.2) is 0 Å². The van der Waals surface area contributed by atoms with Gasteiger partial charge in [0.25, 0.3) is 17.7 Å². The molecule has 1 aromatic heterocycles. The lowest BCUT2D eigenvalue weighted by Gasteiger charge is -2.65. The highest BCUT2D eigenvalue weighted by atomic mass is 35.5. The van der Waals surface area contributed by atoms with Crippen molar-refractivity contribution in [1.82, 2.24) is 24.9 Å². The zero-order valence-electron chi connectivity index (χ0n) is 32.5. The first-order chi connectivity index (χ1) is 28.1. The third kappa shape index (κ3) is 6.04. The van der Waals surface area contributed by atoms with Crippen molar-refractivity contribution in [2.75, 3.05) is 18.0 Å². The highest BCUT2D eigenvalue weighted by Crippen LogP contribution is 2.59. The Balaban J connectivity index is 0.839. The Morgan fingerprint density at radius 2 is 1.61 bits per heavy atom. The van der Waals surface area contributed by atoms with Crippen molar-refractivity contribution in [2.24, 2.45) is 10.8 Å². The monoisotopic (exact) mass is 813 g/mol. The van der Waals surface area contributed by atoms with Crippen LogP contribution in [0.3, 0.4) is 0 Å². The number of anilines is 1. The lowest BCUT2D eigenvalue weighted by molar-refractivity contribution is -0.199. The molecule has 4 aliphatic heterocycles. The van der Waals surface area contributed by atoms with E-state index in [0.717, 1.165) is 22.1 Å². The van der Waals surface area contributed by atoms with Crippen LogP contribution < -0.4 is 15.0 Å². The van der Waals surface area contributed by atoms with Crippen LogP contribution in [0.1, 0.15) is 99.9 Å². The summed E-state index contributed by atoms with van der Waals surface area (Å²) in [6, 6.07) is 13.8. The van der Waals surface area contributed by atoms with E-state index in [0.29, 0.717) is 47.1 Å². The van der Waals surface area contributed by atoms with Crippen LogP contribution in [0.5, 0.6) is 5.75 Å². The summed E-state index contributed by atoms with van der Waals surface area (Å²) in [4.78, 5) is 68.7. The number of amides is 5. The number of fused-ring (bicyclic) bond motifs is 2. The van der Waals surface area contributed by atoms with Crippen molar-refractivity contribution < 1.29 is 33.1 Å². The van der Waals surface area contributed by atoms with E-state index in [4.69, 9.17) is 16.3 Å². The zero-order chi connectivity index (χ0) is 41.7. The molecule has 4 aromatic rings. The van der Waals surface area contributed by atoms with Crippen molar-refractivity contribution in [3.05, 3.63) is 111 Å². The molecule has 0 spiro atoms. The van der Waals surface area contributed by atoms with E-state index in [9.17, 15) is 29.2 Å². The molecule has 1 atom stereocenters. The third-order valence-electron chi connectivity index (χ3n) is 12.4. The average molecular weight is 814 g/mol. The minimum Gasteiger partial charge on any atom is -0.489 e. The summed E-state index contributed by atoms with van der Waals surface area (Å²) >= 11 is 6.27. The van der Waals surface area contributed by atoms with E-state index in [1.165, 1.54) is 6.07 Å². The lowest BCUT2D eigenvalue weighted by Crippen LogP contribution is -2.74. The Kier molecular flexibility index (Phi) is 8.72. The Morgan fingerprint density at radius 1 is 0.898 bits per heavy atom. The highest BCUT2D eigenvalue weighted by molar-refractivity contribution is 6.31. The van der Waals surface area contributed by atoms with Crippen molar-refractivity contribution in [2.45, 2.75) is 71.3 Å². The normalized spacial score (nSPS) is 22.8. The van der Waals surface area contributed by atoms with E-state index >= 15 is 4.39 Å². The van der Waals surface area contributed by atoms with Crippen molar-refractivity contribution >= 4 is 46.8 Å². The van der Waals surface area contributed by atoms with Crippen molar-refractivity contribution in [1.29, 1.82) is 5.26 Å². The minimum absolute atomic E-state index is 0.00836. The molecule has 0 radical (unpaired) electrons. The summed E-state index contributed by atoms with van der Waals surface area (Å²) in [7, 11) is 0. The number of hydrogen-bond acceptors (Lipinski definition) is 9. The third-order valence-corrected chi connectivity index (χ3v) is 12.7. The second-order valence-electron chi connectivity index (χ2n) is 16.9. The molecule has 1 N–H and O–H groups in total. The first kappa shape index (κ1) is 38.0. The van der Waals surface area contributed by atoms with Crippen LogP contribution in [0.2, 0.25) is 5.02 Å². The molecular weight excluding hydrogens is 777 g/mol. The van der Waals surface area contributed by atoms with E-state index in [1.807, 2.05) is 29.3 Å². The summed E-state index contributed by atoms with van der Waals surface area (Å²) in [5.41, 5.74) is 2.64. The van der Waals surface area contributed by atoms with Gasteiger partial charge in [-0.15, -0.1) is 0 Å². The first-order valence-electron chi connectivity index (χ1n) is 19.2. The van der Waals surface area contributed by atoms with Crippen LogP contribution >= 0.6 is 11.6 Å². The van der Waals surface area contributed by atoms with E-state index in [1.54, 1.807) is 34.0 Å². The Hall–Kier alpha value is -6.51. The Bertz CT molecular complexity index is 2650. The number of nitrogens with zero attached hydrogens (tertiary/aromatic N) is 6. The van der Waals surface area contributed by atoms with Crippen LogP contribution in [0.15, 0.2) is 60.9 Å². The molecule has 1 saturated carbocycles.